The molecular weight excluding hydrogens is 277 g/mol. The number of anilines is 1. The van der Waals surface area contributed by atoms with Gasteiger partial charge in [0.2, 0.25) is 0 Å². The zero-order chi connectivity index (χ0) is 14.7. The topological polar surface area (TPSA) is 43.8 Å². The van der Waals surface area contributed by atoms with Gasteiger partial charge in [-0.05, 0) is 24.6 Å². The molecule has 3 nitrogen and oxygen atoms in total. The van der Waals surface area contributed by atoms with Crippen molar-refractivity contribution in [3.63, 3.8) is 0 Å². The molecule has 2 N–H and O–H groups in total. The molecule has 0 aliphatic heterocycles. The number of hydrogen-bond acceptors (Lipinski definition) is 2. The molecule has 0 fully saturated rings. The minimum atomic E-state index is -0.435. The van der Waals surface area contributed by atoms with Gasteiger partial charge < -0.3 is 10.3 Å². The predicted octanol–water partition coefficient (Wildman–Crippen LogP) is 4.29. The van der Waals surface area contributed by atoms with Crippen LogP contribution in [0.2, 0.25) is 5.02 Å². The molecule has 0 aliphatic carbocycles. The Bertz CT molecular complexity index is 607. The second kappa shape index (κ2) is 6.27. The van der Waals surface area contributed by atoms with Gasteiger partial charge in [-0.25, -0.2) is 9.37 Å². The molecule has 0 unspecified atom stereocenters. The molecule has 0 amide bonds. The van der Waals surface area contributed by atoms with Crippen molar-refractivity contribution in [2.45, 2.75) is 39.7 Å². The van der Waals surface area contributed by atoms with Crippen molar-refractivity contribution in [3.05, 3.63) is 34.9 Å². The summed E-state index contributed by atoms with van der Waals surface area (Å²) in [6.07, 6.45) is 2.96. The predicted molar refractivity (Wildman–Crippen MR) is 81.3 cm³/mol. The van der Waals surface area contributed by atoms with E-state index in [4.69, 9.17) is 17.3 Å². The number of halogens is 2. The molecule has 0 atom stereocenters. The van der Waals surface area contributed by atoms with Crippen LogP contribution in [0.3, 0.4) is 0 Å². The molecule has 0 bridgehead atoms. The van der Waals surface area contributed by atoms with Crippen LogP contribution in [0.4, 0.5) is 10.2 Å². The van der Waals surface area contributed by atoms with E-state index in [0.29, 0.717) is 11.5 Å². The van der Waals surface area contributed by atoms with Crippen molar-refractivity contribution in [3.8, 4) is 11.3 Å². The van der Waals surface area contributed by atoms with Gasteiger partial charge in [-0.3, -0.25) is 0 Å². The molecule has 108 valence electrons. The average Bonchev–Trinajstić information content (AvgIpc) is 2.76. The SMILES string of the molecule is CCCCn1c(CC)nc(-c2ccc(F)c(Cl)c2)c1N. The van der Waals surface area contributed by atoms with Crippen molar-refractivity contribution >= 4 is 17.4 Å². The minimum Gasteiger partial charge on any atom is -0.383 e. The van der Waals surface area contributed by atoms with E-state index in [1.54, 1.807) is 12.1 Å². The smallest absolute Gasteiger partial charge is 0.141 e. The van der Waals surface area contributed by atoms with E-state index in [0.717, 1.165) is 37.2 Å². The number of nitrogens with two attached hydrogens (primary N) is 1. The molecule has 5 heteroatoms. The molecule has 20 heavy (non-hydrogen) atoms. The monoisotopic (exact) mass is 295 g/mol. The summed E-state index contributed by atoms with van der Waals surface area (Å²) in [5.41, 5.74) is 7.63. The fraction of sp³-hybridized carbons (Fsp3) is 0.400. The van der Waals surface area contributed by atoms with Crippen LogP contribution < -0.4 is 5.73 Å². The number of benzene rings is 1. The van der Waals surface area contributed by atoms with Gasteiger partial charge in [-0.15, -0.1) is 0 Å². The van der Waals surface area contributed by atoms with Crippen LogP contribution in [0.15, 0.2) is 18.2 Å². The normalized spacial score (nSPS) is 11.0. The van der Waals surface area contributed by atoms with Gasteiger partial charge in [0, 0.05) is 18.5 Å². The van der Waals surface area contributed by atoms with E-state index in [1.165, 1.54) is 6.07 Å². The van der Waals surface area contributed by atoms with Crippen LogP contribution in [0, 0.1) is 5.82 Å². The zero-order valence-corrected chi connectivity index (χ0v) is 12.5. The van der Waals surface area contributed by atoms with Crippen LogP contribution >= 0.6 is 11.6 Å². The number of hydrogen-bond donors (Lipinski definition) is 1. The van der Waals surface area contributed by atoms with Gasteiger partial charge in [-0.2, -0.15) is 0 Å². The first-order chi connectivity index (χ1) is 9.58. The number of imidazole rings is 1. The van der Waals surface area contributed by atoms with Crippen LogP contribution in [0.1, 0.15) is 32.5 Å². The zero-order valence-electron chi connectivity index (χ0n) is 11.8. The Hall–Kier alpha value is -1.55. The number of nitrogen functional groups attached to an aromatic ring is 1. The number of aryl methyl sites for hydroxylation is 1. The third-order valence-electron chi connectivity index (χ3n) is 3.33. The first-order valence-electron chi connectivity index (χ1n) is 6.88. The standard InChI is InChI=1S/C15H19ClFN3/c1-3-5-8-20-13(4-2)19-14(15(20)18)10-6-7-12(17)11(16)9-10/h6-7,9H,3-5,8,18H2,1-2H3. The van der Waals surface area contributed by atoms with Crippen molar-refractivity contribution in [1.82, 2.24) is 9.55 Å². The highest BCUT2D eigenvalue weighted by molar-refractivity contribution is 6.31. The highest BCUT2D eigenvalue weighted by Gasteiger charge is 2.15. The van der Waals surface area contributed by atoms with Crippen LogP contribution in [0.25, 0.3) is 11.3 Å². The summed E-state index contributed by atoms with van der Waals surface area (Å²) in [5.74, 6) is 1.14. The second-order valence-electron chi connectivity index (χ2n) is 4.75. The van der Waals surface area contributed by atoms with Gasteiger partial charge in [0.15, 0.2) is 0 Å². The molecule has 2 rings (SSSR count). The molecule has 1 aromatic heterocycles. The summed E-state index contributed by atoms with van der Waals surface area (Å²) >= 11 is 5.83. The highest BCUT2D eigenvalue weighted by atomic mass is 35.5. The molecule has 1 aromatic carbocycles. The molecule has 0 saturated carbocycles. The first-order valence-corrected chi connectivity index (χ1v) is 7.26. The van der Waals surface area contributed by atoms with E-state index in [9.17, 15) is 4.39 Å². The molecule has 0 spiro atoms. The highest BCUT2D eigenvalue weighted by Crippen LogP contribution is 2.29. The molecular formula is C15H19ClFN3. The number of nitrogens with zero attached hydrogens (tertiary/aromatic N) is 2. The number of aromatic nitrogens is 2. The lowest BCUT2D eigenvalue weighted by molar-refractivity contribution is 0.612. The Balaban J connectivity index is 2.46. The molecule has 2 aromatic rings. The van der Waals surface area contributed by atoms with Crippen molar-refractivity contribution < 1.29 is 4.39 Å². The molecule has 1 heterocycles. The summed E-state index contributed by atoms with van der Waals surface area (Å²) in [5, 5.41) is 0.0862. The fourth-order valence-corrected chi connectivity index (χ4v) is 2.39. The van der Waals surface area contributed by atoms with E-state index in [2.05, 4.69) is 11.9 Å². The summed E-state index contributed by atoms with van der Waals surface area (Å²) in [4.78, 5) is 4.58. The Morgan fingerprint density at radius 2 is 2.10 bits per heavy atom. The quantitative estimate of drug-likeness (QED) is 0.894. The Morgan fingerprint density at radius 3 is 2.70 bits per heavy atom. The van der Waals surface area contributed by atoms with Gasteiger partial charge in [0.25, 0.3) is 0 Å². The van der Waals surface area contributed by atoms with Crippen molar-refractivity contribution in [2.75, 3.05) is 5.73 Å². The molecule has 0 saturated heterocycles. The maximum absolute atomic E-state index is 13.2. The van der Waals surface area contributed by atoms with Crippen molar-refractivity contribution in [2.24, 2.45) is 0 Å². The largest absolute Gasteiger partial charge is 0.383 e. The summed E-state index contributed by atoms with van der Waals surface area (Å²) in [6, 6.07) is 4.57. The third kappa shape index (κ3) is 2.80. The Labute approximate surface area is 123 Å². The third-order valence-corrected chi connectivity index (χ3v) is 3.62. The van der Waals surface area contributed by atoms with E-state index < -0.39 is 5.82 Å². The van der Waals surface area contributed by atoms with Gasteiger partial charge >= 0.3 is 0 Å². The average molecular weight is 296 g/mol. The van der Waals surface area contributed by atoms with Crippen LogP contribution in [-0.2, 0) is 13.0 Å². The number of rotatable bonds is 5. The second-order valence-corrected chi connectivity index (χ2v) is 5.16. The Morgan fingerprint density at radius 1 is 1.35 bits per heavy atom. The van der Waals surface area contributed by atoms with Gasteiger partial charge in [0.05, 0.1) is 5.02 Å². The van der Waals surface area contributed by atoms with Crippen LogP contribution in [0.5, 0.6) is 0 Å². The lowest BCUT2D eigenvalue weighted by Crippen LogP contribution is -2.06. The fourth-order valence-electron chi connectivity index (χ4n) is 2.21. The van der Waals surface area contributed by atoms with Gasteiger partial charge in [-0.1, -0.05) is 31.9 Å². The summed E-state index contributed by atoms with van der Waals surface area (Å²) < 4.78 is 15.3. The van der Waals surface area contributed by atoms with Crippen molar-refractivity contribution in [1.29, 1.82) is 0 Å². The van der Waals surface area contributed by atoms with E-state index in [-0.39, 0.29) is 5.02 Å². The van der Waals surface area contributed by atoms with Crippen LogP contribution in [-0.4, -0.2) is 9.55 Å². The first kappa shape index (κ1) is 14.9. The van der Waals surface area contributed by atoms with Gasteiger partial charge in [0.1, 0.15) is 23.2 Å². The van der Waals surface area contributed by atoms with E-state index in [1.807, 2.05) is 11.5 Å². The lowest BCUT2D eigenvalue weighted by Gasteiger charge is -2.07. The lowest BCUT2D eigenvalue weighted by atomic mass is 10.1. The maximum atomic E-state index is 13.2. The number of unbranched alkanes of at least 4 members (excludes halogenated alkanes) is 1. The summed E-state index contributed by atoms with van der Waals surface area (Å²) in [7, 11) is 0. The molecule has 0 radical (unpaired) electrons. The van der Waals surface area contributed by atoms with E-state index >= 15 is 0 Å². The minimum absolute atomic E-state index is 0.0862. The maximum Gasteiger partial charge on any atom is 0.141 e. The Kier molecular flexibility index (Phi) is 4.65. The summed E-state index contributed by atoms with van der Waals surface area (Å²) in [6.45, 7) is 5.04. The molecule has 0 aliphatic rings.